The molecular formula is C35H33NS. The molecule has 0 saturated carbocycles. The molecule has 0 atom stereocenters. The van der Waals surface area contributed by atoms with E-state index in [-0.39, 0.29) is 0 Å². The van der Waals surface area contributed by atoms with Gasteiger partial charge in [-0.25, -0.2) is 0 Å². The number of nitrogens with two attached hydrogens (primary N) is 1. The molecule has 0 aliphatic heterocycles. The van der Waals surface area contributed by atoms with Crippen LogP contribution in [-0.4, -0.2) is 6.26 Å². The van der Waals surface area contributed by atoms with Crippen molar-refractivity contribution in [2.45, 2.75) is 18.7 Å². The fraction of sp³-hybridized carbons (Fsp3) is 0.0857. The van der Waals surface area contributed by atoms with Crippen molar-refractivity contribution in [3.05, 3.63) is 139 Å². The topological polar surface area (TPSA) is 26.0 Å². The van der Waals surface area contributed by atoms with Crippen LogP contribution >= 0.6 is 11.8 Å². The van der Waals surface area contributed by atoms with Crippen LogP contribution in [0.5, 0.6) is 0 Å². The first-order chi connectivity index (χ1) is 18.1. The molecule has 1 nitrogen and oxygen atoms in total. The van der Waals surface area contributed by atoms with Crippen LogP contribution in [0.25, 0.3) is 44.5 Å². The SMILES string of the molecule is C=C/C(=C\C)c1ccc(-c2ccc(-c3ccc(-c4ccc(C(/C=C\N)=C/C)cc4)cc3SC)cc2)cc1. The highest BCUT2D eigenvalue weighted by Crippen LogP contribution is 2.35. The fourth-order valence-electron chi connectivity index (χ4n) is 4.53. The second-order valence-electron chi connectivity index (χ2n) is 8.70. The van der Waals surface area contributed by atoms with Crippen LogP contribution in [0.3, 0.4) is 0 Å². The summed E-state index contributed by atoms with van der Waals surface area (Å²) < 4.78 is 0. The average Bonchev–Trinajstić information content (AvgIpc) is 2.97. The van der Waals surface area contributed by atoms with Gasteiger partial charge in [0.2, 0.25) is 0 Å². The molecule has 0 aliphatic carbocycles. The number of hydrogen-bond donors (Lipinski definition) is 1. The van der Waals surface area contributed by atoms with Gasteiger partial charge in [0.15, 0.2) is 0 Å². The molecule has 2 N–H and O–H groups in total. The molecule has 0 aliphatic rings. The quantitative estimate of drug-likeness (QED) is 0.193. The molecular weight excluding hydrogens is 466 g/mol. The molecule has 0 bridgehead atoms. The largest absolute Gasteiger partial charge is 0.405 e. The van der Waals surface area contributed by atoms with Gasteiger partial charge in [0.05, 0.1) is 0 Å². The smallest absolute Gasteiger partial charge is 0.0154 e. The van der Waals surface area contributed by atoms with E-state index in [4.69, 9.17) is 5.73 Å². The predicted molar refractivity (Wildman–Crippen MR) is 165 cm³/mol. The molecule has 0 aromatic heterocycles. The van der Waals surface area contributed by atoms with Crippen molar-refractivity contribution in [2.75, 3.05) is 6.26 Å². The van der Waals surface area contributed by atoms with E-state index in [1.165, 1.54) is 43.8 Å². The van der Waals surface area contributed by atoms with Gasteiger partial charge in [-0.15, -0.1) is 11.8 Å². The molecule has 0 amide bonds. The lowest BCUT2D eigenvalue weighted by Crippen LogP contribution is -1.87. The van der Waals surface area contributed by atoms with Gasteiger partial charge in [-0.05, 0) is 94.1 Å². The summed E-state index contributed by atoms with van der Waals surface area (Å²) >= 11 is 1.78. The summed E-state index contributed by atoms with van der Waals surface area (Å²) in [5.41, 5.74) is 17.5. The minimum Gasteiger partial charge on any atom is -0.405 e. The second kappa shape index (κ2) is 12.3. The Labute approximate surface area is 225 Å². The summed E-state index contributed by atoms with van der Waals surface area (Å²) in [6.07, 6.45) is 11.7. The van der Waals surface area contributed by atoms with Crippen LogP contribution in [0, 0.1) is 0 Å². The third-order valence-corrected chi connectivity index (χ3v) is 7.40. The summed E-state index contributed by atoms with van der Waals surface area (Å²) in [6, 6.07) is 32.9. The van der Waals surface area contributed by atoms with Crippen LogP contribution in [0.1, 0.15) is 25.0 Å². The van der Waals surface area contributed by atoms with Crippen LogP contribution < -0.4 is 5.73 Å². The molecule has 184 valence electrons. The Bertz CT molecular complexity index is 1450. The first kappa shape index (κ1) is 26.1. The summed E-state index contributed by atoms with van der Waals surface area (Å²) in [7, 11) is 0. The monoisotopic (exact) mass is 499 g/mol. The van der Waals surface area contributed by atoms with E-state index in [1.807, 2.05) is 26.0 Å². The highest BCUT2D eigenvalue weighted by molar-refractivity contribution is 7.98. The zero-order valence-electron chi connectivity index (χ0n) is 21.7. The minimum atomic E-state index is 1.12. The second-order valence-corrected chi connectivity index (χ2v) is 9.55. The van der Waals surface area contributed by atoms with Crippen LogP contribution in [-0.2, 0) is 0 Å². The zero-order chi connectivity index (χ0) is 26.2. The van der Waals surface area contributed by atoms with Crippen LogP contribution in [0.4, 0.5) is 0 Å². The number of benzene rings is 4. The van der Waals surface area contributed by atoms with Crippen molar-refractivity contribution in [1.29, 1.82) is 0 Å². The van der Waals surface area contributed by atoms with Crippen molar-refractivity contribution >= 4 is 22.9 Å². The van der Waals surface area contributed by atoms with Crippen molar-refractivity contribution in [3.63, 3.8) is 0 Å². The maximum atomic E-state index is 5.59. The molecule has 37 heavy (non-hydrogen) atoms. The Morgan fingerprint density at radius 2 is 1.11 bits per heavy atom. The van der Waals surface area contributed by atoms with Crippen molar-refractivity contribution < 1.29 is 0 Å². The molecule has 2 heteroatoms. The van der Waals surface area contributed by atoms with E-state index in [9.17, 15) is 0 Å². The van der Waals surface area contributed by atoms with E-state index < -0.39 is 0 Å². The van der Waals surface area contributed by atoms with Gasteiger partial charge in [-0.1, -0.05) is 110 Å². The lowest BCUT2D eigenvalue weighted by molar-refractivity contribution is 1.44. The summed E-state index contributed by atoms with van der Waals surface area (Å²) in [5, 5.41) is 0. The van der Waals surface area contributed by atoms with Gasteiger partial charge >= 0.3 is 0 Å². The molecule has 4 rings (SSSR count). The highest BCUT2D eigenvalue weighted by Gasteiger charge is 2.09. The third-order valence-electron chi connectivity index (χ3n) is 6.62. The number of hydrogen-bond acceptors (Lipinski definition) is 2. The Morgan fingerprint density at radius 1 is 0.649 bits per heavy atom. The van der Waals surface area contributed by atoms with E-state index in [2.05, 4.69) is 116 Å². The molecule has 0 saturated heterocycles. The summed E-state index contributed by atoms with van der Waals surface area (Å²) in [6.45, 7) is 7.97. The van der Waals surface area contributed by atoms with Gasteiger partial charge in [0, 0.05) is 4.90 Å². The normalized spacial score (nSPS) is 12.2. The third kappa shape index (κ3) is 5.87. The summed E-state index contributed by atoms with van der Waals surface area (Å²) in [4.78, 5) is 1.27. The van der Waals surface area contributed by atoms with E-state index in [1.54, 1.807) is 18.0 Å². The van der Waals surface area contributed by atoms with Gasteiger partial charge in [0.1, 0.15) is 0 Å². The maximum Gasteiger partial charge on any atom is 0.0154 e. The Balaban J connectivity index is 1.58. The Morgan fingerprint density at radius 3 is 1.59 bits per heavy atom. The fourth-order valence-corrected chi connectivity index (χ4v) is 5.18. The average molecular weight is 500 g/mol. The predicted octanol–water partition coefficient (Wildman–Crippen LogP) is 9.87. The first-order valence-corrected chi connectivity index (χ1v) is 13.7. The van der Waals surface area contributed by atoms with Crippen molar-refractivity contribution in [1.82, 2.24) is 0 Å². The zero-order valence-corrected chi connectivity index (χ0v) is 22.6. The van der Waals surface area contributed by atoms with Crippen molar-refractivity contribution in [3.8, 4) is 33.4 Å². The highest BCUT2D eigenvalue weighted by atomic mass is 32.2. The number of allylic oxidation sites excluding steroid dienone is 6. The molecule has 0 fully saturated rings. The van der Waals surface area contributed by atoms with E-state index in [0.29, 0.717) is 0 Å². The maximum absolute atomic E-state index is 5.59. The molecule has 0 heterocycles. The van der Waals surface area contributed by atoms with Gasteiger partial charge in [-0.2, -0.15) is 0 Å². The number of rotatable bonds is 8. The van der Waals surface area contributed by atoms with E-state index >= 15 is 0 Å². The molecule has 4 aromatic carbocycles. The molecule has 0 radical (unpaired) electrons. The van der Waals surface area contributed by atoms with Crippen LogP contribution in [0.15, 0.2) is 133 Å². The minimum absolute atomic E-state index is 1.12. The van der Waals surface area contributed by atoms with E-state index in [0.717, 1.165) is 16.7 Å². The van der Waals surface area contributed by atoms with Crippen molar-refractivity contribution in [2.24, 2.45) is 5.73 Å². The van der Waals surface area contributed by atoms with Gasteiger partial charge < -0.3 is 5.73 Å². The van der Waals surface area contributed by atoms with Crippen LogP contribution in [0.2, 0.25) is 0 Å². The first-order valence-electron chi connectivity index (χ1n) is 12.4. The number of thioether (sulfide) groups is 1. The Kier molecular flexibility index (Phi) is 8.66. The molecule has 0 unspecified atom stereocenters. The lowest BCUT2D eigenvalue weighted by atomic mass is 9.96. The Hall–Kier alpha value is -4.01. The summed E-state index contributed by atoms with van der Waals surface area (Å²) in [5.74, 6) is 0. The lowest BCUT2D eigenvalue weighted by Gasteiger charge is -2.12. The van der Waals surface area contributed by atoms with Gasteiger partial charge in [0.25, 0.3) is 0 Å². The molecule has 4 aromatic rings. The molecule has 0 spiro atoms. The van der Waals surface area contributed by atoms with Gasteiger partial charge in [-0.3, -0.25) is 0 Å². The standard InChI is InChI=1S/C35H33NS/c1-5-25(6-2)27-8-12-29(13-9-27)30-16-18-32(19-17-30)34-21-20-33(24-35(34)37-4)31-14-10-28(11-15-31)26(7-3)22-23-36/h5-24H,1,36H2,2-4H3/b23-22-,25-6+,26-7+.